The molecule has 2 N–H and O–H groups in total. The quantitative estimate of drug-likeness (QED) is 0.526. The van der Waals surface area contributed by atoms with E-state index in [2.05, 4.69) is 62.4 Å². The van der Waals surface area contributed by atoms with Gasteiger partial charge in [0.1, 0.15) is 3.70 Å². The van der Waals surface area contributed by atoms with Crippen LogP contribution in [0.15, 0.2) is 48.5 Å². The maximum Gasteiger partial charge on any atom is 0.251 e. The number of carbonyl (C=O) groups is 1. The van der Waals surface area contributed by atoms with E-state index in [1.165, 1.54) is 37.7 Å². The fraction of sp³-hybridized carbons (Fsp3) is 0.333. The molecule has 26 heavy (non-hydrogen) atoms. The number of hydrogen-bond acceptors (Lipinski definition) is 2. The van der Waals surface area contributed by atoms with Crippen LogP contribution in [0.2, 0.25) is 0 Å². The lowest BCUT2D eigenvalue weighted by Gasteiger charge is -2.31. The molecular weight excluding hydrogens is 437 g/mol. The smallest absolute Gasteiger partial charge is 0.251 e. The minimum Gasteiger partial charge on any atom is -0.345 e. The summed E-state index contributed by atoms with van der Waals surface area (Å²) in [6, 6.07) is 16.2. The Morgan fingerprint density at radius 1 is 1.12 bits per heavy atom. The molecule has 1 aromatic heterocycles. The number of amides is 1. The summed E-state index contributed by atoms with van der Waals surface area (Å²) in [6.07, 6.45) is 6.17. The summed E-state index contributed by atoms with van der Waals surface area (Å²) >= 11 is 2.19. The van der Waals surface area contributed by atoms with Gasteiger partial charge in [0.15, 0.2) is 0 Å². The predicted molar refractivity (Wildman–Crippen MR) is 112 cm³/mol. The number of halogens is 1. The number of fused-ring (bicyclic) bond motifs is 1. The largest absolute Gasteiger partial charge is 0.345 e. The predicted octanol–water partition coefficient (Wildman–Crippen LogP) is 5.22. The van der Waals surface area contributed by atoms with Gasteiger partial charge in [0.25, 0.3) is 5.91 Å². The summed E-state index contributed by atoms with van der Waals surface area (Å²) < 4.78 is 0.888. The van der Waals surface area contributed by atoms with Crippen LogP contribution < -0.4 is 5.32 Å². The molecule has 1 atom stereocenters. The van der Waals surface area contributed by atoms with Crippen LogP contribution in [0.5, 0.6) is 0 Å². The lowest BCUT2D eigenvalue weighted by Crippen LogP contribution is -2.34. The maximum atomic E-state index is 13.0. The Labute approximate surface area is 166 Å². The van der Waals surface area contributed by atoms with Crippen LogP contribution in [-0.2, 0) is 0 Å². The molecule has 134 valence electrons. The third-order valence-electron chi connectivity index (χ3n) is 5.35. The Hall–Kier alpha value is -1.89. The van der Waals surface area contributed by atoms with Gasteiger partial charge in [-0.15, -0.1) is 0 Å². The van der Waals surface area contributed by atoms with E-state index in [0.29, 0.717) is 11.5 Å². The molecule has 4 rings (SSSR count). The number of aromatic nitrogens is 2. The Balaban J connectivity index is 1.61. The number of hydrogen-bond donors (Lipinski definition) is 2. The van der Waals surface area contributed by atoms with E-state index in [1.807, 2.05) is 24.3 Å². The summed E-state index contributed by atoms with van der Waals surface area (Å²) in [5.41, 5.74) is 2.85. The van der Waals surface area contributed by atoms with Crippen molar-refractivity contribution in [3.05, 3.63) is 63.4 Å². The molecule has 0 bridgehead atoms. The summed E-state index contributed by atoms with van der Waals surface area (Å²) in [6.45, 7) is 0. The van der Waals surface area contributed by atoms with E-state index in [-0.39, 0.29) is 11.9 Å². The molecule has 0 radical (unpaired) electrons. The summed E-state index contributed by atoms with van der Waals surface area (Å²) in [5.74, 6) is 0.496. The average Bonchev–Trinajstić information content (AvgIpc) is 3.07. The van der Waals surface area contributed by atoms with Crippen molar-refractivity contribution in [1.29, 1.82) is 0 Å². The van der Waals surface area contributed by atoms with Crippen LogP contribution in [0.25, 0.3) is 10.9 Å². The Morgan fingerprint density at radius 3 is 2.65 bits per heavy atom. The number of nitrogens with zero attached hydrogens (tertiary/aromatic N) is 1. The van der Waals surface area contributed by atoms with Crippen molar-refractivity contribution in [3.8, 4) is 0 Å². The maximum absolute atomic E-state index is 13.0. The van der Waals surface area contributed by atoms with Crippen molar-refractivity contribution in [3.63, 3.8) is 0 Å². The average molecular weight is 459 g/mol. The van der Waals surface area contributed by atoms with Gasteiger partial charge in [-0.3, -0.25) is 9.89 Å². The molecule has 0 saturated heterocycles. The van der Waals surface area contributed by atoms with Crippen LogP contribution in [0.1, 0.15) is 54.1 Å². The minimum absolute atomic E-state index is 0.0108. The molecule has 0 aliphatic heterocycles. The molecule has 1 amide bonds. The van der Waals surface area contributed by atoms with Crippen molar-refractivity contribution < 1.29 is 4.79 Å². The number of H-pyrrole nitrogens is 1. The summed E-state index contributed by atoms with van der Waals surface area (Å²) in [4.78, 5) is 13.0. The molecule has 1 heterocycles. The van der Waals surface area contributed by atoms with Crippen molar-refractivity contribution in [2.75, 3.05) is 0 Å². The van der Waals surface area contributed by atoms with Gasteiger partial charge in [0, 0.05) is 10.9 Å². The Kier molecular flexibility index (Phi) is 5.24. The van der Waals surface area contributed by atoms with Crippen molar-refractivity contribution in [1.82, 2.24) is 15.5 Å². The van der Waals surface area contributed by atoms with Gasteiger partial charge in [-0.25, -0.2) is 0 Å². The molecule has 2 aromatic carbocycles. The second-order valence-corrected chi connectivity index (χ2v) is 8.06. The molecule has 1 fully saturated rings. The fourth-order valence-corrected chi connectivity index (χ4v) is 4.52. The molecular formula is C21H22IN3O. The van der Waals surface area contributed by atoms with Crippen molar-refractivity contribution in [2.45, 2.75) is 38.1 Å². The van der Waals surface area contributed by atoms with Gasteiger partial charge >= 0.3 is 0 Å². The van der Waals surface area contributed by atoms with E-state index in [1.54, 1.807) is 0 Å². The van der Waals surface area contributed by atoms with Gasteiger partial charge in [0.2, 0.25) is 0 Å². The van der Waals surface area contributed by atoms with Crippen molar-refractivity contribution in [2.24, 2.45) is 5.92 Å². The second-order valence-electron chi connectivity index (χ2n) is 7.03. The Morgan fingerprint density at radius 2 is 1.88 bits per heavy atom. The number of nitrogens with one attached hydrogen (secondary N) is 2. The van der Waals surface area contributed by atoms with E-state index < -0.39 is 0 Å². The highest BCUT2D eigenvalue weighted by molar-refractivity contribution is 14.1. The SMILES string of the molecule is O=C(NC(c1ccccc1)C1CCCCC1)c1ccc2[nH]nc(I)c2c1. The van der Waals surface area contributed by atoms with Crippen LogP contribution in [-0.4, -0.2) is 16.1 Å². The molecule has 1 saturated carbocycles. The van der Waals surface area contributed by atoms with E-state index in [4.69, 9.17) is 0 Å². The minimum atomic E-state index is -0.0108. The summed E-state index contributed by atoms with van der Waals surface area (Å²) in [7, 11) is 0. The highest BCUT2D eigenvalue weighted by Gasteiger charge is 2.27. The lowest BCUT2D eigenvalue weighted by molar-refractivity contribution is 0.0912. The van der Waals surface area contributed by atoms with Crippen LogP contribution in [0, 0.1) is 9.62 Å². The topological polar surface area (TPSA) is 57.8 Å². The number of aromatic amines is 1. The first kappa shape index (κ1) is 17.5. The molecule has 1 aliphatic carbocycles. The molecule has 4 nitrogen and oxygen atoms in total. The first-order valence-corrected chi connectivity index (χ1v) is 10.3. The van der Waals surface area contributed by atoms with Crippen LogP contribution >= 0.6 is 22.6 Å². The van der Waals surface area contributed by atoms with E-state index in [0.717, 1.165) is 14.6 Å². The van der Waals surface area contributed by atoms with Crippen molar-refractivity contribution >= 4 is 39.4 Å². The zero-order valence-corrected chi connectivity index (χ0v) is 16.7. The first-order chi connectivity index (χ1) is 12.7. The fourth-order valence-electron chi connectivity index (χ4n) is 3.95. The van der Waals surface area contributed by atoms with Gasteiger partial charge < -0.3 is 5.32 Å². The number of benzene rings is 2. The third kappa shape index (κ3) is 3.63. The normalized spacial score (nSPS) is 16.5. The van der Waals surface area contributed by atoms with E-state index >= 15 is 0 Å². The summed E-state index contributed by atoms with van der Waals surface area (Å²) in [5, 5.41) is 11.5. The monoisotopic (exact) mass is 459 g/mol. The molecule has 5 heteroatoms. The number of carbonyl (C=O) groups excluding carboxylic acids is 1. The highest BCUT2D eigenvalue weighted by atomic mass is 127. The molecule has 0 spiro atoms. The highest BCUT2D eigenvalue weighted by Crippen LogP contribution is 2.34. The standard InChI is InChI=1S/C21H22IN3O/c22-20-17-13-16(11-12-18(17)24-25-20)21(26)23-19(14-7-3-1-4-8-14)15-9-5-2-6-10-15/h1,3-4,7-8,11-13,15,19H,2,5-6,9-10H2,(H,23,26)(H,24,25). The van der Waals surface area contributed by atoms with Gasteiger partial charge in [-0.1, -0.05) is 49.6 Å². The second kappa shape index (κ2) is 7.78. The molecule has 3 aromatic rings. The van der Waals surface area contributed by atoms with Gasteiger partial charge in [-0.2, -0.15) is 5.10 Å². The third-order valence-corrected chi connectivity index (χ3v) is 6.17. The molecule has 1 aliphatic rings. The van der Waals surface area contributed by atoms with E-state index in [9.17, 15) is 4.79 Å². The van der Waals surface area contributed by atoms with Crippen LogP contribution in [0.4, 0.5) is 0 Å². The number of rotatable bonds is 4. The Bertz CT molecular complexity index is 900. The van der Waals surface area contributed by atoms with Crippen LogP contribution in [0.3, 0.4) is 0 Å². The van der Waals surface area contributed by atoms with Gasteiger partial charge in [-0.05, 0) is 65.1 Å². The zero-order valence-electron chi connectivity index (χ0n) is 14.5. The first-order valence-electron chi connectivity index (χ1n) is 9.22. The zero-order chi connectivity index (χ0) is 17.9. The molecule has 1 unspecified atom stereocenters. The van der Waals surface area contributed by atoms with Gasteiger partial charge in [0.05, 0.1) is 11.6 Å². The lowest BCUT2D eigenvalue weighted by atomic mass is 9.81.